The summed E-state index contributed by atoms with van der Waals surface area (Å²) in [5.74, 6) is 1.42. The van der Waals surface area contributed by atoms with Crippen molar-refractivity contribution >= 4 is 11.6 Å². The molecule has 2 aromatic rings. The van der Waals surface area contributed by atoms with Gasteiger partial charge in [0.1, 0.15) is 0 Å². The van der Waals surface area contributed by atoms with E-state index in [4.69, 9.17) is 9.47 Å². The van der Waals surface area contributed by atoms with Crippen molar-refractivity contribution in [3.05, 3.63) is 53.6 Å². The van der Waals surface area contributed by atoms with Crippen molar-refractivity contribution in [1.82, 2.24) is 5.32 Å². The summed E-state index contributed by atoms with van der Waals surface area (Å²) in [4.78, 5) is 14.5. The molecule has 0 bridgehead atoms. The molecule has 0 aromatic heterocycles. The monoisotopic (exact) mass is 370 g/mol. The number of anilines is 1. The summed E-state index contributed by atoms with van der Waals surface area (Å²) in [5, 5.41) is 3.01. The van der Waals surface area contributed by atoms with E-state index in [1.807, 2.05) is 18.2 Å². The molecular formula is C22H30N2O3. The van der Waals surface area contributed by atoms with Crippen molar-refractivity contribution < 1.29 is 14.3 Å². The smallest absolute Gasteiger partial charge is 0.239 e. The van der Waals surface area contributed by atoms with Gasteiger partial charge in [0.2, 0.25) is 5.91 Å². The van der Waals surface area contributed by atoms with Crippen LogP contribution >= 0.6 is 0 Å². The molecule has 0 radical (unpaired) electrons. The van der Waals surface area contributed by atoms with E-state index < -0.39 is 0 Å². The summed E-state index contributed by atoms with van der Waals surface area (Å²) in [7, 11) is 3.24. The van der Waals surface area contributed by atoms with Crippen LogP contribution < -0.4 is 19.7 Å². The van der Waals surface area contributed by atoms with E-state index in [0.717, 1.165) is 17.7 Å². The molecular weight excluding hydrogens is 340 g/mol. The summed E-state index contributed by atoms with van der Waals surface area (Å²) in [6, 6.07) is 14.3. The molecule has 2 rings (SSSR count). The lowest BCUT2D eigenvalue weighted by molar-refractivity contribution is -0.119. The van der Waals surface area contributed by atoms with E-state index in [2.05, 4.69) is 55.3 Å². The minimum atomic E-state index is 0.0183. The van der Waals surface area contributed by atoms with Gasteiger partial charge in [0, 0.05) is 18.3 Å². The van der Waals surface area contributed by atoms with E-state index in [0.29, 0.717) is 24.6 Å². The minimum Gasteiger partial charge on any atom is -0.493 e. The lowest BCUT2D eigenvalue weighted by atomic mass is 10.1. The van der Waals surface area contributed by atoms with E-state index in [9.17, 15) is 4.79 Å². The lowest BCUT2D eigenvalue weighted by Crippen LogP contribution is -2.41. The molecule has 1 N–H and O–H groups in total. The highest BCUT2D eigenvalue weighted by Gasteiger charge is 2.14. The molecule has 27 heavy (non-hydrogen) atoms. The van der Waals surface area contributed by atoms with Crippen LogP contribution in [-0.4, -0.2) is 39.3 Å². The van der Waals surface area contributed by atoms with Crippen molar-refractivity contribution in [2.24, 2.45) is 0 Å². The zero-order valence-electron chi connectivity index (χ0n) is 16.9. The van der Waals surface area contributed by atoms with E-state index in [1.165, 1.54) is 5.56 Å². The zero-order chi connectivity index (χ0) is 19.8. The first kappa shape index (κ1) is 20.6. The molecule has 2 aromatic carbocycles. The molecule has 0 aliphatic carbocycles. The highest BCUT2D eigenvalue weighted by Crippen LogP contribution is 2.27. The molecule has 5 nitrogen and oxygen atoms in total. The maximum Gasteiger partial charge on any atom is 0.239 e. The van der Waals surface area contributed by atoms with Gasteiger partial charge in [-0.25, -0.2) is 0 Å². The standard InChI is InChI=1S/C22H30N2O3/c1-16(2)24(19-9-6-17(3)7-10-19)15-22(25)23-13-12-18-8-11-20(26-4)21(14-18)27-5/h6-11,14,16H,12-13,15H2,1-5H3,(H,23,25). The van der Waals surface area contributed by atoms with Crippen molar-refractivity contribution in [3.8, 4) is 11.5 Å². The normalized spacial score (nSPS) is 10.6. The number of aryl methyl sites for hydroxylation is 1. The Morgan fingerprint density at radius 1 is 1.04 bits per heavy atom. The van der Waals surface area contributed by atoms with Gasteiger partial charge in [0.15, 0.2) is 11.5 Å². The molecule has 0 spiro atoms. The second-order valence-electron chi connectivity index (χ2n) is 6.85. The van der Waals surface area contributed by atoms with Gasteiger partial charge in [-0.2, -0.15) is 0 Å². The Balaban J connectivity index is 1.90. The van der Waals surface area contributed by atoms with Gasteiger partial charge in [-0.15, -0.1) is 0 Å². The lowest BCUT2D eigenvalue weighted by Gasteiger charge is -2.28. The Bertz CT molecular complexity index is 742. The third-order valence-electron chi connectivity index (χ3n) is 4.49. The summed E-state index contributed by atoms with van der Waals surface area (Å²) < 4.78 is 10.6. The average Bonchev–Trinajstić information content (AvgIpc) is 2.66. The van der Waals surface area contributed by atoms with Crippen molar-refractivity contribution in [3.63, 3.8) is 0 Å². The summed E-state index contributed by atoms with van der Waals surface area (Å²) in [6.07, 6.45) is 0.734. The summed E-state index contributed by atoms with van der Waals surface area (Å²) in [6.45, 7) is 7.17. The zero-order valence-corrected chi connectivity index (χ0v) is 16.9. The number of ether oxygens (including phenoxy) is 2. The van der Waals surface area contributed by atoms with Gasteiger partial charge >= 0.3 is 0 Å². The molecule has 0 saturated carbocycles. The Hall–Kier alpha value is -2.69. The van der Waals surface area contributed by atoms with Crippen LogP contribution in [0.2, 0.25) is 0 Å². The van der Waals surface area contributed by atoms with E-state index >= 15 is 0 Å². The molecule has 1 amide bonds. The molecule has 0 heterocycles. The molecule has 0 aliphatic rings. The maximum atomic E-state index is 12.4. The van der Waals surface area contributed by atoms with Gasteiger partial charge in [-0.3, -0.25) is 4.79 Å². The number of hydrogen-bond acceptors (Lipinski definition) is 4. The first-order valence-electron chi connectivity index (χ1n) is 9.25. The number of nitrogens with zero attached hydrogens (tertiary/aromatic N) is 1. The SMILES string of the molecule is COc1ccc(CCNC(=O)CN(c2ccc(C)cc2)C(C)C)cc1OC. The second-order valence-corrected chi connectivity index (χ2v) is 6.85. The Labute approximate surface area is 162 Å². The average molecular weight is 370 g/mol. The maximum absolute atomic E-state index is 12.4. The Morgan fingerprint density at radius 3 is 2.30 bits per heavy atom. The number of hydrogen-bond donors (Lipinski definition) is 1. The minimum absolute atomic E-state index is 0.0183. The predicted molar refractivity (Wildman–Crippen MR) is 110 cm³/mol. The summed E-state index contributed by atoms with van der Waals surface area (Å²) >= 11 is 0. The third kappa shape index (κ3) is 5.91. The van der Waals surface area contributed by atoms with Crippen LogP contribution in [-0.2, 0) is 11.2 Å². The molecule has 0 aliphatic heterocycles. The first-order chi connectivity index (χ1) is 12.9. The van der Waals surface area contributed by atoms with E-state index in [-0.39, 0.29) is 11.9 Å². The summed E-state index contributed by atoms with van der Waals surface area (Å²) in [5.41, 5.74) is 3.36. The molecule has 0 saturated heterocycles. The molecule has 5 heteroatoms. The van der Waals surface area contributed by atoms with Crippen molar-refractivity contribution in [2.75, 3.05) is 32.2 Å². The second kappa shape index (κ2) is 9.86. The highest BCUT2D eigenvalue weighted by atomic mass is 16.5. The van der Waals surface area contributed by atoms with Gasteiger partial charge in [-0.1, -0.05) is 23.8 Å². The largest absolute Gasteiger partial charge is 0.493 e. The van der Waals surface area contributed by atoms with Crippen LogP contribution in [0.1, 0.15) is 25.0 Å². The number of amides is 1. The van der Waals surface area contributed by atoms with Crippen molar-refractivity contribution in [2.45, 2.75) is 33.2 Å². The van der Waals surface area contributed by atoms with Gasteiger partial charge in [0.25, 0.3) is 0 Å². The van der Waals surface area contributed by atoms with Crippen LogP contribution in [0.25, 0.3) is 0 Å². The first-order valence-corrected chi connectivity index (χ1v) is 9.25. The highest BCUT2D eigenvalue weighted by molar-refractivity contribution is 5.81. The van der Waals surface area contributed by atoms with Crippen LogP contribution in [0.3, 0.4) is 0 Å². The quantitative estimate of drug-likeness (QED) is 0.733. The van der Waals surface area contributed by atoms with Crippen LogP contribution in [0.15, 0.2) is 42.5 Å². The number of carbonyl (C=O) groups is 1. The fourth-order valence-electron chi connectivity index (χ4n) is 2.90. The fourth-order valence-corrected chi connectivity index (χ4v) is 2.90. The van der Waals surface area contributed by atoms with Crippen molar-refractivity contribution in [1.29, 1.82) is 0 Å². The van der Waals surface area contributed by atoms with Crippen LogP contribution in [0, 0.1) is 6.92 Å². The fraction of sp³-hybridized carbons (Fsp3) is 0.409. The number of benzene rings is 2. The predicted octanol–water partition coefficient (Wildman–Crippen LogP) is 3.59. The number of rotatable bonds is 9. The van der Waals surface area contributed by atoms with Crippen LogP contribution in [0.5, 0.6) is 11.5 Å². The third-order valence-corrected chi connectivity index (χ3v) is 4.49. The number of carbonyl (C=O) groups excluding carboxylic acids is 1. The number of nitrogens with one attached hydrogen (secondary N) is 1. The number of methoxy groups -OCH3 is 2. The van der Waals surface area contributed by atoms with E-state index in [1.54, 1.807) is 14.2 Å². The van der Waals surface area contributed by atoms with Gasteiger partial charge in [-0.05, 0) is 57.0 Å². The Morgan fingerprint density at radius 2 is 1.70 bits per heavy atom. The molecule has 0 atom stereocenters. The van der Waals surface area contributed by atoms with Crippen LogP contribution in [0.4, 0.5) is 5.69 Å². The molecule has 0 unspecified atom stereocenters. The van der Waals surface area contributed by atoms with Gasteiger partial charge < -0.3 is 19.7 Å². The Kier molecular flexibility index (Phi) is 7.53. The molecule has 0 fully saturated rings. The molecule has 146 valence electrons. The van der Waals surface area contributed by atoms with Gasteiger partial charge in [0.05, 0.1) is 20.8 Å². The topological polar surface area (TPSA) is 50.8 Å².